The molecule has 1 aliphatic heterocycles. The summed E-state index contributed by atoms with van der Waals surface area (Å²) in [6, 6.07) is 8.34. The largest absolute Gasteiger partial charge is 0.460 e. The zero-order valence-corrected chi connectivity index (χ0v) is 18.4. The number of esters is 1. The van der Waals surface area contributed by atoms with Crippen molar-refractivity contribution in [3.8, 4) is 0 Å². The van der Waals surface area contributed by atoms with E-state index in [0.29, 0.717) is 0 Å². The third-order valence-electron chi connectivity index (χ3n) is 4.93. The van der Waals surface area contributed by atoms with Crippen LogP contribution in [-0.2, 0) is 30.2 Å². The molecule has 160 valence electrons. The highest BCUT2D eigenvalue weighted by Crippen LogP contribution is 2.38. The lowest BCUT2D eigenvalue weighted by Crippen LogP contribution is -2.46. The lowest BCUT2D eigenvalue weighted by Gasteiger charge is -2.32. The van der Waals surface area contributed by atoms with Gasteiger partial charge in [-0.1, -0.05) is 30.3 Å². The molecule has 1 saturated heterocycles. The Morgan fingerprint density at radius 2 is 1.62 bits per heavy atom. The Labute approximate surface area is 173 Å². The predicted octanol–water partition coefficient (Wildman–Crippen LogP) is 3.72. The zero-order valence-electron chi connectivity index (χ0n) is 18.4. The van der Waals surface area contributed by atoms with E-state index in [-0.39, 0.29) is 12.9 Å². The van der Waals surface area contributed by atoms with E-state index >= 15 is 0 Å². The molecule has 7 nitrogen and oxygen atoms in total. The minimum absolute atomic E-state index is 0.101. The van der Waals surface area contributed by atoms with Gasteiger partial charge in [-0.25, -0.2) is 9.59 Å². The maximum Gasteiger partial charge on any atom is 0.460 e. The second-order valence-electron chi connectivity index (χ2n) is 9.21. The highest BCUT2D eigenvalue weighted by atomic mass is 16.7. The van der Waals surface area contributed by atoms with Gasteiger partial charge in [0.15, 0.2) is 0 Å². The summed E-state index contributed by atoms with van der Waals surface area (Å²) in [6.45, 7) is 13.1. The first-order valence-corrected chi connectivity index (χ1v) is 9.85. The molecule has 1 fully saturated rings. The average Bonchev–Trinajstić information content (AvgIpc) is 2.78. The first-order valence-electron chi connectivity index (χ1n) is 9.85. The number of hydrogen-bond donors (Lipinski definition) is 1. The maximum absolute atomic E-state index is 12.7. The number of benzene rings is 1. The van der Waals surface area contributed by atoms with E-state index in [1.807, 2.05) is 58.0 Å². The van der Waals surface area contributed by atoms with Gasteiger partial charge >= 0.3 is 19.2 Å². The van der Waals surface area contributed by atoms with Crippen LogP contribution in [0.5, 0.6) is 0 Å². The van der Waals surface area contributed by atoms with Gasteiger partial charge in [0.25, 0.3) is 0 Å². The van der Waals surface area contributed by atoms with Crippen LogP contribution in [0, 0.1) is 0 Å². The first-order chi connectivity index (χ1) is 13.3. The van der Waals surface area contributed by atoms with Crippen molar-refractivity contribution in [3.63, 3.8) is 0 Å². The van der Waals surface area contributed by atoms with Crippen molar-refractivity contribution in [1.29, 1.82) is 0 Å². The number of carbonyl (C=O) groups excluding carboxylic acids is 2. The van der Waals surface area contributed by atoms with Gasteiger partial charge in [-0.05, 0) is 54.0 Å². The minimum Gasteiger partial charge on any atom is -0.458 e. The molecule has 0 bridgehead atoms. The molecule has 0 radical (unpaired) electrons. The van der Waals surface area contributed by atoms with Crippen molar-refractivity contribution in [2.45, 2.75) is 84.2 Å². The summed E-state index contributed by atoms with van der Waals surface area (Å²) in [5, 5.41) is 2.60. The van der Waals surface area contributed by atoms with Crippen molar-refractivity contribution in [2.24, 2.45) is 0 Å². The Morgan fingerprint density at radius 3 is 2.14 bits per heavy atom. The van der Waals surface area contributed by atoms with Crippen LogP contribution in [0.1, 0.15) is 54.0 Å². The van der Waals surface area contributed by atoms with E-state index in [2.05, 4.69) is 5.32 Å². The standard InChI is InChI=1S/C21H32BNO6/c1-19(2,3)27-17(24)16(13-22-28-20(4,5)21(6,7)29-22)23-18(25)26-14-15-11-9-8-10-12-15/h8-12,16H,13-14H2,1-7H3,(H,23,25)/t16-/m0/s1. The van der Waals surface area contributed by atoms with Gasteiger partial charge in [-0.3, -0.25) is 0 Å². The SMILES string of the molecule is CC(C)(C)OC(=O)[C@H](CB1OC(C)(C)C(C)(C)O1)NC(=O)OCc1ccccc1. The third kappa shape index (κ3) is 6.75. The fraction of sp³-hybridized carbons (Fsp3) is 0.619. The fourth-order valence-electron chi connectivity index (χ4n) is 2.75. The highest BCUT2D eigenvalue weighted by molar-refractivity contribution is 6.46. The molecular weight excluding hydrogens is 373 g/mol. The summed E-state index contributed by atoms with van der Waals surface area (Å²) >= 11 is 0. The van der Waals surface area contributed by atoms with E-state index in [0.717, 1.165) is 5.56 Å². The predicted molar refractivity (Wildman–Crippen MR) is 110 cm³/mol. The van der Waals surface area contributed by atoms with Crippen LogP contribution >= 0.6 is 0 Å². The lowest BCUT2D eigenvalue weighted by molar-refractivity contribution is -0.156. The lowest BCUT2D eigenvalue weighted by atomic mass is 9.80. The Balaban J connectivity index is 2.03. The minimum atomic E-state index is -0.966. The molecule has 1 aromatic rings. The van der Waals surface area contributed by atoms with Crippen LogP contribution < -0.4 is 5.32 Å². The average molecular weight is 405 g/mol. The molecule has 0 aliphatic carbocycles. The maximum atomic E-state index is 12.7. The molecule has 8 heteroatoms. The monoisotopic (exact) mass is 405 g/mol. The zero-order chi connectivity index (χ0) is 21.9. The molecular formula is C21H32BNO6. The number of alkyl carbamates (subject to hydrolysis) is 1. The second kappa shape index (κ2) is 8.75. The Morgan fingerprint density at radius 1 is 1.07 bits per heavy atom. The van der Waals surface area contributed by atoms with Crippen LogP contribution in [-0.4, -0.2) is 42.0 Å². The van der Waals surface area contributed by atoms with Gasteiger partial charge in [0.1, 0.15) is 18.2 Å². The molecule has 1 atom stereocenters. The summed E-state index contributed by atoms with van der Waals surface area (Å²) < 4.78 is 22.6. The van der Waals surface area contributed by atoms with Crippen molar-refractivity contribution in [1.82, 2.24) is 5.32 Å². The normalized spacial score (nSPS) is 18.8. The van der Waals surface area contributed by atoms with Gasteiger partial charge < -0.3 is 24.1 Å². The number of rotatable bonds is 6. The quantitative estimate of drug-likeness (QED) is 0.574. The number of carbonyl (C=O) groups is 2. The van der Waals surface area contributed by atoms with E-state index in [4.69, 9.17) is 18.8 Å². The molecule has 29 heavy (non-hydrogen) atoms. The number of hydrogen-bond acceptors (Lipinski definition) is 6. The van der Waals surface area contributed by atoms with Crippen molar-refractivity contribution < 1.29 is 28.4 Å². The molecule has 0 unspecified atom stereocenters. The van der Waals surface area contributed by atoms with Crippen LogP contribution in [0.2, 0.25) is 6.32 Å². The summed E-state index contributed by atoms with van der Waals surface area (Å²) in [4.78, 5) is 25.0. The number of nitrogens with one attached hydrogen (secondary N) is 1. The molecule has 2 rings (SSSR count). The molecule has 1 heterocycles. The summed E-state index contributed by atoms with van der Waals surface area (Å²) in [7, 11) is -0.660. The van der Waals surface area contributed by atoms with E-state index in [9.17, 15) is 9.59 Å². The Kier molecular flexibility index (Phi) is 7.01. The molecule has 0 saturated carbocycles. The van der Waals surface area contributed by atoms with Gasteiger partial charge in [-0.2, -0.15) is 0 Å². The first kappa shape index (κ1) is 23.2. The summed E-state index contributed by atoms with van der Waals surface area (Å²) in [5.41, 5.74) is -0.920. The molecule has 1 N–H and O–H groups in total. The van der Waals surface area contributed by atoms with Crippen LogP contribution in [0.3, 0.4) is 0 Å². The van der Waals surface area contributed by atoms with Gasteiger partial charge in [0.2, 0.25) is 0 Å². The van der Waals surface area contributed by atoms with E-state index in [1.165, 1.54) is 0 Å². The fourth-order valence-corrected chi connectivity index (χ4v) is 2.75. The second-order valence-corrected chi connectivity index (χ2v) is 9.21. The van der Waals surface area contributed by atoms with Crippen LogP contribution in [0.15, 0.2) is 30.3 Å². The van der Waals surface area contributed by atoms with Crippen molar-refractivity contribution >= 4 is 19.2 Å². The van der Waals surface area contributed by atoms with Gasteiger partial charge in [0.05, 0.1) is 11.2 Å². The van der Waals surface area contributed by atoms with Crippen LogP contribution in [0.25, 0.3) is 0 Å². The summed E-state index contributed by atoms with van der Waals surface area (Å²) in [5.74, 6) is -0.566. The topological polar surface area (TPSA) is 83.1 Å². The van der Waals surface area contributed by atoms with Gasteiger partial charge in [-0.15, -0.1) is 0 Å². The van der Waals surface area contributed by atoms with Crippen molar-refractivity contribution in [2.75, 3.05) is 0 Å². The molecule has 1 aromatic carbocycles. The van der Waals surface area contributed by atoms with Crippen LogP contribution in [0.4, 0.5) is 4.79 Å². The molecule has 0 spiro atoms. The van der Waals surface area contributed by atoms with E-state index in [1.54, 1.807) is 20.8 Å². The highest BCUT2D eigenvalue weighted by Gasteiger charge is 2.52. The summed E-state index contributed by atoms with van der Waals surface area (Å²) in [6.07, 6.45) is -0.594. The smallest absolute Gasteiger partial charge is 0.458 e. The third-order valence-corrected chi connectivity index (χ3v) is 4.93. The Bertz CT molecular complexity index is 698. The van der Waals surface area contributed by atoms with Crippen molar-refractivity contribution in [3.05, 3.63) is 35.9 Å². The van der Waals surface area contributed by atoms with Gasteiger partial charge in [0, 0.05) is 6.32 Å². The van der Waals surface area contributed by atoms with E-state index < -0.39 is 42.0 Å². The molecule has 1 aliphatic rings. The number of amides is 1. The molecule has 1 amide bonds. The number of ether oxygens (including phenoxy) is 2. The molecule has 0 aromatic heterocycles. The Hall–Kier alpha value is -2.06.